The van der Waals surface area contributed by atoms with Gasteiger partial charge in [-0.1, -0.05) is 20.4 Å². The van der Waals surface area contributed by atoms with E-state index < -0.39 is 35.4 Å². The molecule has 0 N–H and O–H groups in total. The summed E-state index contributed by atoms with van der Waals surface area (Å²) in [4.78, 5) is 11.0. The number of halogens is 6. The summed E-state index contributed by atoms with van der Waals surface area (Å²) in [7, 11) is 0. The first-order chi connectivity index (χ1) is 7.77. The van der Waals surface area contributed by atoms with E-state index in [1.54, 1.807) is 0 Å². The van der Waals surface area contributed by atoms with Gasteiger partial charge in [-0.3, -0.25) is 0 Å². The van der Waals surface area contributed by atoms with Gasteiger partial charge in [-0.15, -0.1) is 0 Å². The molecule has 18 heavy (non-hydrogen) atoms. The molecule has 0 aromatic heterocycles. The molecule has 0 saturated carbocycles. The Bertz CT molecular complexity index is 325. The van der Waals surface area contributed by atoms with Gasteiger partial charge in [-0.05, 0) is 6.92 Å². The molecule has 0 aliphatic rings. The summed E-state index contributed by atoms with van der Waals surface area (Å²) in [6.07, 6.45) is -11.5. The predicted molar refractivity (Wildman–Crippen MR) is 50.6 cm³/mol. The fourth-order valence-corrected chi connectivity index (χ4v) is 1.28. The van der Waals surface area contributed by atoms with Crippen LogP contribution in [0.15, 0.2) is 12.2 Å². The van der Waals surface area contributed by atoms with Crippen molar-refractivity contribution >= 4 is 5.97 Å². The van der Waals surface area contributed by atoms with Crippen molar-refractivity contribution in [2.75, 3.05) is 0 Å². The van der Waals surface area contributed by atoms with Crippen LogP contribution in [-0.4, -0.2) is 23.9 Å². The molecule has 0 atom stereocenters. The van der Waals surface area contributed by atoms with E-state index in [4.69, 9.17) is 0 Å². The minimum absolute atomic E-state index is 0.548. The molecule has 106 valence electrons. The van der Waals surface area contributed by atoms with E-state index in [9.17, 15) is 31.1 Å². The maximum absolute atomic E-state index is 12.7. The molecule has 0 unspecified atom stereocenters. The molecule has 0 heterocycles. The number of esters is 1. The quantitative estimate of drug-likeness (QED) is 0.447. The third kappa shape index (κ3) is 2.78. The van der Waals surface area contributed by atoms with Crippen molar-refractivity contribution in [3.63, 3.8) is 0 Å². The number of hydrogen-bond donors (Lipinski definition) is 0. The van der Waals surface area contributed by atoms with Crippen molar-refractivity contribution in [2.45, 2.75) is 38.7 Å². The van der Waals surface area contributed by atoms with E-state index in [1.807, 2.05) is 0 Å². The lowest BCUT2D eigenvalue weighted by Crippen LogP contribution is -2.63. The Labute approximate surface area is 99.6 Å². The molecule has 0 spiro atoms. The monoisotopic (exact) mass is 278 g/mol. The first kappa shape index (κ1) is 16.8. The maximum atomic E-state index is 12.7. The maximum Gasteiger partial charge on any atom is 0.437 e. The highest BCUT2D eigenvalue weighted by Gasteiger charge is 2.75. The van der Waals surface area contributed by atoms with Crippen LogP contribution in [0.2, 0.25) is 0 Å². The number of carbonyl (C=O) groups excluding carboxylic acids is 1. The van der Waals surface area contributed by atoms with Crippen LogP contribution < -0.4 is 0 Å². The summed E-state index contributed by atoms with van der Waals surface area (Å²) in [6, 6.07) is 0. The Hall–Kier alpha value is -1.21. The number of ether oxygens (including phenoxy) is 1. The van der Waals surface area contributed by atoms with E-state index in [0.29, 0.717) is 13.8 Å². The van der Waals surface area contributed by atoms with E-state index in [-0.39, 0.29) is 0 Å². The highest BCUT2D eigenvalue weighted by Crippen LogP contribution is 2.50. The van der Waals surface area contributed by atoms with Gasteiger partial charge < -0.3 is 4.74 Å². The molecule has 0 amide bonds. The van der Waals surface area contributed by atoms with Gasteiger partial charge in [0, 0.05) is 11.5 Å². The minimum Gasteiger partial charge on any atom is -0.436 e. The van der Waals surface area contributed by atoms with E-state index in [1.165, 1.54) is 0 Å². The zero-order valence-corrected chi connectivity index (χ0v) is 9.87. The first-order valence-corrected chi connectivity index (χ1v) is 4.79. The highest BCUT2D eigenvalue weighted by molar-refractivity contribution is 5.87. The zero-order valence-electron chi connectivity index (χ0n) is 9.87. The summed E-state index contributed by atoms with van der Waals surface area (Å²) in [5.41, 5.74) is -5.08. The molecule has 0 rings (SSSR count). The second kappa shape index (κ2) is 4.81. The van der Waals surface area contributed by atoms with Crippen LogP contribution in [0.1, 0.15) is 20.8 Å². The molecule has 0 saturated heterocycles. The van der Waals surface area contributed by atoms with Gasteiger partial charge in [0.05, 0.1) is 0 Å². The minimum atomic E-state index is -5.77. The Morgan fingerprint density at radius 1 is 1.06 bits per heavy atom. The van der Waals surface area contributed by atoms with Gasteiger partial charge in [0.2, 0.25) is 0 Å². The molecule has 8 heteroatoms. The van der Waals surface area contributed by atoms with Crippen molar-refractivity contribution in [3.8, 4) is 0 Å². The number of carbonyl (C=O) groups is 1. The molecule has 0 aromatic rings. The molecule has 0 aromatic carbocycles. The summed E-state index contributed by atoms with van der Waals surface area (Å²) in [5, 5.41) is 0. The molecular formula is C10H12F6O2. The molecule has 0 fully saturated rings. The van der Waals surface area contributed by atoms with Crippen molar-refractivity contribution < 1.29 is 35.9 Å². The topological polar surface area (TPSA) is 26.3 Å². The Morgan fingerprint density at radius 3 is 1.56 bits per heavy atom. The molecule has 0 aliphatic heterocycles. The molecule has 0 bridgehead atoms. The first-order valence-electron chi connectivity index (χ1n) is 4.79. The summed E-state index contributed by atoms with van der Waals surface area (Å²) in [6.45, 7) is 5.26. The third-order valence-corrected chi connectivity index (χ3v) is 2.26. The normalized spacial score (nSPS) is 13.7. The fraction of sp³-hybridized carbons (Fsp3) is 0.700. The number of alkyl halides is 6. The molecular weight excluding hydrogens is 266 g/mol. The Morgan fingerprint density at radius 2 is 1.39 bits per heavy atom. The van der Waals surface area contributed by atoms with E-state index in [2.05, 4.69) is 11.3 Å². The lowest BCUT2D eigenvalue weighted by atomic mass is 9.88. The number of hydrogen-bond acceptors (Lipinski definition) is 2. The van der Waals surface area contributed by atoms with Crippen LogP contribution in [0.4, 0.5) is 26.3 Å². The lowest BCUT2D eigenvalue weighted by Gasteiger charge is -2.39. The van der Waals surface area contributed by atoms with Gasteiger partial charge in [0.15, 0.2) is 0 Å². The fourth-order valence-electron chi connectivity index (χ4n) is 1.28. The van der Waals surface area contributed by atoms with Crippen LogP contribution >= 0.6 is 0 Å². The summed E-state index contributed by atoms with van der Waals surface area (Å²) >= 11 is 0. The average Bonchev–Trinajstić information content (AvgIpc) is 2.08. The van der Waals surface area contributed by atoms with Crippen molar-refractivity contribution in [3.05, 3.63) is 12.2 Å². The number of rotatable bonds is 3. The van der Waals surface area contributed by atoms with Gasteiger partial charge in [-0.2, -0.15) is 26.3 Å². The van der Waals surface area contributed by atoms with Crippen molar-refractivity contribution in [2.24, 2.45) is 5.92 Å². The van der Waals surface area contributed by atoms with Gasteiger partial charge >= 0.3 is 23.9 Å². The van der Waals surface area contributed by atoms with E-state index in [0.717, 1.165) is 6.92 Å². The lowest BCUT2D eigenvalue weighted by molar-refractivity contribution is -0.382. The second-order valence-corrected chi connectivity index (χ2v) is 4.06. The van der Waals surface area contributed by atoms with Crippen LogP contribution in [-0.2, 0) is 9.53 Å². The van der Waals surface area contributed by atoms with Crippen LogP contribution in [0.25, 0.3) is 0 Å². The molecule has 0 aliphatic carbocycles. The largest absolute Gasteiger partial charge is 0.437 e. The Kier molecular flexibility index (Phi) is 4.49. The Balaban J connectivity index is 5.82. The van der Waals surface area contributed by atoms with Crippen molar-refractivity contribution in [1.82, 2.24) is 0 Å². The van der Waals surface area contributed by atoms with Crippen LogP contribution in [0, 0.1) is 5.92 Å². The second-order valence-electron chi connectivity index (χ2n) is 4.06. The van der Waals surface area contributed by atoms with Gasteiger partial charge in [-0.25, -0.2) is 4.79 Å². The molecule has 2 nitrogen and oxygen atoms in total. The van der Waals surface area contributed by atoms with Gasteiger partial charge in [0.1, 0.15) is 0 Å². The molecule has 0 radical (unpaired) electrons. The highest BCUT2D eigenvalue weighted by atomic mass is 19.4. The van der Waals surface area contributed by atoms with Crippen LogP contribution in [0.5, 0.6) is 0 Å². The van der Waals surface area contributed by atoms with Gasteiger partial charge in [0.25, 0.3) is 0 Å². The standard InChI is InChI=1S/C10H12F6O2/c1-5(2)7(17)18-8(6(3)4,9(11,12)13)10(14,15)16/h6H,1H2,2-4H3. The SMILES string of the molecule is C=C(C)C(=O)OC(C(C)C)(C(F)(F)F)C(F)(F)F. The predicted octanol–water partition coefficient (Wildman–Crippen LogP) is 3.63. The summed E-state index contributed by atoms with van der Waals surface area (Å²) < 4.78 is 80.0. The van der Waals surface area contributed by atoms with E-state index >= 15 is 0 Å². The zero-order chi connectivity index (χ0) is 14.9. The summed E-state index contributed by atoms with van der Waals surface area (Å²) in [5.74, 6) is -3.76. The smallest absolute Gasteiger partial charge is 0.436 e. The van der Waals surface area contributed by atoms with Crippen molar-refractivity contribution in [1.29, 1.82) is 0 Å². The average molecular weight is 278 g/mol. The third-order valence-electron chi connectivity index (χ3n) is 2.26. The van der Waals surface area contributed by atoms with Crippen LogP contribution in [0.3, 0.4) is 0 Å².